The van der Waals surface area contributed by atoms with Crippen LogP contribution in [-0.2, 0) is 15.0 Å². The molecule has 8 nitrogen and oxygen atoms in total. The second kappa shape index (κ2) is 6.29. The molecule has 9 heteroatoms. The van der Waals surface area contributed by atoms with E-state index in [-0.39, 0.29) is 18.3 Å². The molecule has 1 aromatic heterocycles. The quantitative estimate of drug-likeness (QED) is 0.849. The third-order valence-electron chi connectivity index (χ3n) is 3.36. The fourth-order valence-corrected chi connectivity index (χ4v) is 3.69. The van der Waals surface area contributed by atoms with Crippen LogP contribution in [0, 0.1) is 11.3 Å². The van der Waals surface area contributed by atoms with Gasteiger partial charge in [0.25, 0.3) is 0 Å². The van der Waals surface area contributed by atoms with Gasteiger partial charge in [-0.15, -0.1) is 0 Å². The summed E-state index contributed by atoms with van der Waals surface area (Å²) in [6.45, 7) is 0.288. The molecule has 1 aliphatic heterocycles. The Balaban J connectivity index is 2.18. The first-order valence-electron chi connectivity index (χ1n) is 6.72. The van der Waals surface area contributed by atoms with E-state index < -0.39 is 16.3 Å². The number of nitrogens with one attached hydrogen (secondary N) is 1. The van der Waals surface area contributed by atoms with E-state index in [9.17, 15) is 13.2 Å². The van der Waals surface area contributed by atoms with Crippen molar-refractivity contribution in [2.45, 2.75) is 18.9 Å². The van der Waals surface area contributed by atoms with Crippen molar-refractivity contribution >= 4 is 21.9 Å². The molecular formula is C13H17N5O3S. The molecule has 0 spiro atoms. The van der Waals surface area contributed by atoms with Gasteiger partial charge in [-0.05, 0) is 25.0 Å². The Morgan fingerprint density at radius 2 is 2.23 bits per heavy atom. The topological polar surface area (TPSA) is 106 Å². The third-order valence-corrected chi connectivity index (χ3v) is 4.89. The number of anilines is 1. The number of hydrogen-bond donors (Lipinski definition) is 1. The van der Waals surface area contributed by atoms with Crippen LogP contribution in [0.1, 0.15) is 18.4 Å². The molecule has 0 bridgehead atoms. The Bertz CT molecular complexity index is 693. The molecule has 1 amide bonds. The molecule has 1 atom stereocenters. The lowest BCUT2D eigenvalue weighted by molar-refractivity contribution is -0.132. The summed E-state index contributed by atoms with van der Waals surface area (Å²) in [6, 6.07) is 4.10. The van der Waals surface area contributed by atoms with Crippen molar-refractivity contribution in [3.63, 3.8) is 0 Å². The fraction of sp³-hybridized carbons (Fsp3) is 0.462. The SMILES string of the molecule is CN(C)C(=O)C1CCCN1S(=O)(=O)Nc1ccc(C#N)cn1. The second-order valence-electron chi connectivity index (χ2n) is 5.15. The standard InChI is InChI=1S/C13H17N5O3S/c1-17(2)13(19)11-4-3-7-18(11)22(20,21)16-12-6-5-10(8-14)9-15-12/h5-6,9,11H,3-4,7H2,1-2H3,(H,15,16). The largest absolute Gasteiger partial charge is 0.347 e. The molecule has 0 aliphatic carbocycles. The van der Waals surface area contributed by atoms with Gasteiger partial charge in [-0.1, -0.05) is 0 Å². The van der Waals surface area contributed by atoms with Crippen molar-refractivity contribution in [3.8, 4) is 6.07 Å². The van der Waals surface area contributed by atoms with Crippen molar-refractivity contribution in [2.24, 2.45) is 0 Å². The van der Waals surface area contributed by atoms with Crippen molar-refractivity contribution in [3.05, 3.63) is 23.9 Å². The van der Waals surface area contributed by atoms with Crippen LogP contribution in [0.2, 0.25) is 0 Å². The van der Waals surface area contributed by atoms with Gasteiger partial charge in [-0.25, -0.2) is 4.98 Å². The smallest absolute Gasteiger partial charge is 0.303 e. The average Bonchev–Trinajstić information content (AvgIpc) is 2.97. The molecule has 0 aromatic carbocycles. The second-order valence-corrected chi connectivity index (χ2v) is 6.78. The molecular weight excluding hydrogens is 306 g/mol. The molecule has 1 unspecified atom stereocenters. The number of hydrogen-bond acceptors (Lipinski definition) is 5. The van der Waals surface area contributed by atoms with Gasteiger partial charge in [0.2, 0.25) is 5.91 Å². The van der Waals surface area contributed by atoms with Crippen molar-refractivity contribution in [1.29, 1.82) is 5.26 Å². The van der Waals surface area contributed by atoms with Gasteiger partial charge in [0.05, 0.1) is 5.56 Å². The molecule has 118 valence electrons. The average molecular weight is 323 g/mol. The zero-order chi connectivity index (χ0) is 16.3. The maximum absolute atomic E-state index is 12.4. The van der Waals surface area contributed by atoms with Crippen LogP contribution in [0.25, 0.3) is 0 Å². The maximum Gasteiger partial charge on any atom is 0.303 e. The minimum absolute atomic E-state index is 0.113. The molecule has 1 N–H and O–H groups in total. The van der Waals surface area contributed by atoms with E-state index in [2.05, 4.69) is 9.71 Å². The first kappa shape index (κ1) is 16.2. The first-order chi connectivity index (χ1) is 10.3. The van der Waals surface area contributed by atoms with E-state index in [1.54, 1.807) is 14.1 Å². The number of carbonyl (C=O) groups excluding carboxylic acids is 1. The van der Waals surface area contributed by atoms with Crippen LogP contribution in [0.4, 0.5) is 5.82 Å². The normalized spacial score (nSPS) is 18.7. The van der Waals surface area contributed by atoms with Crippen LogP contribution in [0.3, 0.4) is 0 Å². The lowest BCUT2D eigenvalue weighted by Gasteiger charge is -2.25. The molecule has 1 fully saturated rings. The summed E-state index contributed by atoms with van der Waals surface area (Å²) in [6.07, 6.45) is 2.41. The number of amides is 1. The molecule has 2 heterocycles. The Morgan fingerprint density at radius 3 is 2.77 bits per heavy atom. The zero-order valence-corrected chi connectivity index (χ0v) is 13.2. The molecule has 1 aliphatic rings. The molecule has 1 aromatic rings. The molecule has 0 radical (unpaired) electrons. The Kier molecular flexibility index (Phi) is 4.63. The number of aromatic nitrogens is 1. The predicted molar refractivity (Wildman–Crippen MR) is 79.9 cm³/mol. The number of nitrogens with zero attached hydrogens (tertiary/aromatic N) is 4. The van der Waals surface area contributed by atoms with E-state index in [1.165, 1.54) is 23.2 Å². The Hall–Kier alpha value is -2.18. The number of pyridine rings is 1. The van der Waals surface area contributed by atoms with Crippen LogP contribution in [0.5, 0.6) is 0 Å². The minimum atomic E-state index is -3.87. The number of nitriles is 1. The lowest BCUT2D eigenvalue weighted by atomic mass is 10.2. The highest BCUT2D eigenvalue weighted by atomic mass is 32.2. The van der Waals surface area contributed by atoms with Crippen molar-refractivity contribution < 1.29 is 13.2 Å². The number of carbonyl (C=O) groups is 1. The van der Waals surface area contributed by atoms with Crippen LogP contribution in [0.15, 0.2) is 18.3 Å². The maximum atomic E-state index is 12.4. The van der Waals surface area contributed by atoms with Gasteiger partial charge in [0, 0.05) is 26.8 Å². The molecule has 22 heavy (non-hydrogen) atoms. The molecule has 0 saturated carbocycles. The summed E-state index contributed by atoms with van der Waals surface area (Å²) in [5.41, 5.74) is 0.338. The summed E-state index contributed by atoms with van der Waals surface area (Å²) in [5, 5.41) is 8.70. The number of likely N-dealkylation sites (N-methyl/N-ethyl adjacent to an activating group) is 1. The highest BCUT2D eigenvalue weighted by molar-refractivity contribution is 7.90. The lowest BCUT2D eigenvalue weighted by Crippen LogP contribution is -2.47. The van der Waals surface area contributed by atoms with Crippen molar-refractivity contribution in [1.82, 2.24) is 14.2 Å². The van der Waals surface area contributed by atoms with E-state index >= 15 is 0 Å². The van der Waals surface area contributed by atoms with Gasteiger partial charge < -0.3 is 4.90 Å². The third kappa shape index (κ3) is 3.35. The predicted octanol–water partition coefficient (Wildman–Crippen LogP) is 0.163. The van der Waals surface area contributed by atoms with E-state index in [4.69, 9.17) is 5.26 Å². The van der Waals surface area contributed by atoms with Crippen LogP contribution in [-0.4, -0.2) is 55.2 Å². The van der Waals surface area contributed by atoms with Crippen molar-refractivity contribution in [2.75, 3.05) is 25.4 Å². The Morgan fingerprint density at radius 1 is 1.50 bits per heavy atom. The van der Waals surface area contributed by atoms with Gasteiger partial charge in [0.15, 0.2) is 0 Å². The van der Waals surface area contributed by atoms with Gasteiger partial charge >= 0.3 is 10.2 Å². The summed E-state index contributed by atoms with van der Waals surface area (Å²) >= 11 is 0. The van der Waals surface area contributed by atoms with Crippen LogP contribution < -0.4 is 4.72 Å². The van der Waals surface area contributed by atoms with E-state index in [0.717, 1.165) is 4.31 Å². The van der Waals surface area contributed by atoms with E-state index in [0.29, 0.717) is 18.4 Å². The molecule has 1 saturated heterocycles. The zero-order valence-electron chi connectivity index (χ0n) is 12.4. The highest BCUT2D eigenvalue weighted by Gasteiger charge is 2.39. The summed E-state index contributed by atoms with van der Waals surface area (Å²) in [5.74, 6) is -0.127. The van der Waals surface area contributed by atoms with E-state index in [1.807, 2.05) is 6.07 Å². The first-order valence-corrected chi connectivity index (χ1v) is 8.16. The van der Waals surface area contributed by atoms with Gasteiger partial charge in [-0.2, -0.15) is 18.0 Å². The highest BCUT2D eigenvalue weighted by Crippen LogP contribution is 2.23. The summed E-state index contributed by atoms with van der Waals surface area (Å²) in [4.78, 5) is 17.3. The Labute approximate surface area is 129 Å². The fourth-order valence-electron chi connectivity index (χ4n) is 2.28. The van der Waals surface area contributed by atoms with Crippen LogP contribution >= 0.6 is 0 Å². The monoisotopic (exact) mass is 323 g/mol. The van der Waals surface area contributed by atoms with Gasteiger partial charge in [0.1, 0.15) is 17.9 Å². The molecule has 2 rings (SSSR count). The minimum Gasteiger partial charge on any atom is -0.347 e. The summed E-state index contributed by atoms with van der Waals surface area (Å²) in [7, 11) is -0.673. The van der Waals surface area contributed by atoms with Gasteiger partial charge in [-0.3, -0.25) is 9.52 Å². The summed E-state index contributed by atoms with van der Waals surface area (Å²) < 4.78 is 28.4. The number of rotatable bonds is 4.